The third-order valence-electron chi connectivity index (χ3n) is 13.5. The number of urea groups is 1. The van der Waals surface area contributed by atoms with Crippen molar-refractivity contribution in [3.05, 3.63) is 144 Å². The van der Waals surface area contributed by atoms with Gasteiger partial charge in [0.05, 0.1) is 11.4 Å². The number of rotatable bonds is 2. The van der Waals surface area contributed by atoms with Crippen LogP contribution < -0.4 is 41.5 Å². The number of hydrogen-bond acceptors (Lipinski definition) is 3. The molecule has 0 N–H and O–H groups in total. The molecule has 7 heteroatoms. The molecular weight excluding hydrogens is 658 g/mol. The van der Waals surface area contributed by atoms with Crippen molar-refractivity contribution >= 4 is 97.6 Å². The van der Waals surface area contributed by atoms with Crippen molar-refractivity contribution in [2.45, 2.75) is 51.4 Å². The number of carbonyl (C=O) groups excluding carboxylic acids is 1. The molecule has 0 unspecified atom stereocenters. The van der Waals surface area contributed by atoms with Gasteiger partial charge >= 0.3 is 6.03 Å². The van der Waals surface area contributed by atoms with Crippen molar-refractivity contribution in [1.82, 2.24) is 0 Å². The van der Waals surface area contributed by atoms with Gasteiger partial charge in [0.2, 0.25) is 13.4 Å². The van der Waals surface area contributed by atoms with E-state index in [2.05, 4.69) is 141 Å². The van der Waals surface area contributed by atoms with Gasteiger partial charge in [-0.15, -0.1) is 0 Å². The van der Waals surface area contributed by atoms with Gasteiger partial charge in [-0.1, -0.05) is 83.7 Å². The second-order valence-corrected chi connectivity index (χ2v) is 16.1. The molecule has 54 heavy (non-hydrogen) atoms. The number of para-hydroxylation sites is 4. The fraction of sp³-hybridized carbons (Fsp3) is 0.170. The predicted octanol–water partition coefficient (Wildman–Crippen LogP) is 9.13. The highest BCUT2D eigenvalue weighted by Gasteiger charge is 2.54. The molecule has 7 aliphatic rings. The number of allylic oxidation sites excluding steroid dienone is 4. The topological polar surface area (TPSA) is 30.0 Å². The van der Waals surface area contributed by atoms with E-state index in [1.165, 1.54) is 77.7 Å². The molecule has 0 aromatic heterocycles. The Kier molecular flexibility index (Phi) is 5.79. The second-order valence-electron chi connectivity index (χ2n) is 16.1. The van der Waals surface area contributed by atoms with Crippen molar-refractivity contribution in [3.8, 4) is 0 Å². The van der Waals surface area contributed by atoms with Gasteiger partial charge in [-0.25, -0.2) is 4.79 Å². The molecule has 0 spiro atoms. The number of anilines is 8. The number of amides is 2. The van der Waals surface area contributed by atoms with E-state index in [4.69, 9.17) is 0 Å². The summed E-state index contributed by atoms with van der Waals surface area (Å²) in [6.07, 6.45) is 8.47. The van der Waals surface area contributed by atoms with Crippen LogP contribution in [0, 0.1) is 0 Å². The van der Waals surface area contributed by atoms with Crippen LogP contribution in [0.5, 0.6) is 0 Å². The quantitative estimate of drug-likeness (QED) is 0.170. The summed E-state index contributed by atoms with van der Waals surface area (Å²) >= 11 is 0. The standard InChI is InChI=1S/C47H36B2N4O/c54-47-52-38-25-13-9-21-34(38)48-32-19-7-11-23-36(32)50(30-15-3-1-4-16-30)40-27-29-28-41-44-46(42(29)45(52)43(40)48)53(47)39-26-14-10-22-35(39)49(44)33-20-8-12-24-37(33)51(41)31-17-5-2-6-18-31/h1-8,11-12,15-20,23-24,27-28H,9-10,13-14,21-22,25-26H2. The van der Waals surface area contributed by atoms with E-state index >= 15 is 4.79 Å². The fourth-order valence-corrected chi connectivity index (χ4v) is 11.6. The first-order chi connectivity index (χ1) is 26.8. The van der Waals surface area contributed by atoms with Crippen LogP contribution in [0.3, 0.4) is 0 Å². The highest BCUT2D eigenvalue weighted by Crippen LogP contribution is 2.56. The van der Waals surface area contributed by atoms with E-state index < -0.39 is 0 Å². The highest BCUT2D eigenvalue weighted by atomic mass is 16.2. The zero-order valence-corrected chi connectivity index (χ0v) is 30.1. The molecule has 5 heterocycles. The number of nitrogens with zero attached hydrogens (tertiary/aromatic N) is 4. The van der Waals surface area contributed by atoms with E-state index in [1.54, 1.807) is 0 Å². The summed E-state index contributed by atoms with van der Waals surface area (Å²) in [5, 5.41) is 2.44. The predicted molar refractivity (Wildman–Crippen MR) is 225 cm³/mol. The Labute approximate surface area is 316 Å². The van der Waals surface area contributed by atoms with Crippen molar-refractivity contribution in [3.63, 3.8) is 0 Å². The summed E-state index contributed by atoms with van der Waals surface area (Å²) in [6.45, 7) is 0.241. The highest BCUT2D eigenvalue weighted by molar-refractivity contribution is 6.97. The van der Waals surface area contributed by atoms with Crippen LogP contribution in [0.4, 0.5) is 50.3 Å². The molecule has 0 saturated carbocycles. The van der Waals surface area contributed by atoms with E-state index in [1.807, 2.05) is 0 Å². The maximum atomic E-state index is 15.9. The maximum Gasteiger partial charge on any atom is 0.337 e. The molecule has 0 saturated heterocycles. The lowest BCUT2D eigenvalue weighted by Crippen LogP contribution is -2.63. The van der Waals surface area contributed by atoms with Crippen LogP contribution >= 0.6 is 0 Å². The molecule has 5 aliphatic heterocycles. The van der Waals surface area contributed by atoms with Gasteiger partial charge in [-0.3, -0.25) is 9.80 Å². The Morgan fingerprint density at radius 1 is 0.444 bits per heavy atom. The summed E-state index contributed by atoms with van der Waals surface area (Å²) in [5.74, 6) is 0. The number of fused-ring (bicyclic) bond motifs is 8. The van der Waals surface area contributed by atoms with Gasteiger partial charge in [0.25, 0.3) is 0 Å². The first-order valence-electron chi connectivity index (χ1n) is 19.9. The van der Waals surface area contributed by atoms with Gasteiger partial charge in [-0.05, 0) is 127 Å². The van der Waals surface area contributed by atoms with Gasteiger partial charge in [0.15, 0.2) is 0 Å². The Morgan fingerprint density at radius 3 is 1.35 bits per heavy atom. The third kappa shape index (κ3) is 3.56. The van der Waals surface area contributed by atoms with Crippen LogP contribution in [0.15, 0.2) is 144 Å². The fourth-order valence-electron chi connectivity index (χ4n) is 11.6. The molecule has 0 atom stereocenters. The minimum Gasteiger partial charge on any atom is -0.311 e. The average molecular weight is 694 g/mol. The lowest BCUT2D eigenvalue weighted by atomic mass is 9.31. The maximum absolute atomic E-state index is 15.9. The molecule has 5 nitrogen and oxygen atoms in total. The molecule has 2 amide bonds. The zero-order chi connectivity index (χ0) is 35.2. The van der Waals surface area contributed by atoms with Gasteiger partial charge < -0.3 is 9.80 Å². The van der Waals surface area contributed by atoms with Crippen LogP contribution in [0.2, 0.25) is 0 Å². The summed E-state index contributed by atoms with van der Waals surface area (Å²) in [4.78, 5) is 25.3. The molecular formula is C47H36B2N4O. The summed E-state index contributed by atoms with van der Waals surface area (Å²) in [6, 6.07) is 44.8. The molecule has 2 aliphatic carbocycles. The summed E-state index contributed by atoms with van der Waals surface area (Å²) in [7, 11) is 0. The Morgan fingerprint density at radius 2 is 0.870 bits per heavy atom. The smallest absolute Gasteiger partial charge is 0.311 e. The molecule has 6 aromatic rings. The first kappa shape index (κ1) is 29.5. The number of carbonyl (C=O) groups is 1. The van der Waals surface area contributed by atoms with Crippen LogP contribution in [-0.2, 0) is 0 Å². The number of benzene rings is 6. The molecule has 0 radical (unpaired) electrons. The Balaban J connectivity index is 1.22. The van der Waals surface area contributed by atoms with Gasteiger partial charge in [0, 0.05) is 50.9 Å². The minimum atomic E-state index is 0.120. The van der Waals surface area contributed by atoms with E-state index in [0.29, 0.717) is 0 Å². The largest absolute Gasteiger partial charge is 0.337 e. The first-order valence-corrected chi connectivity index (χ1v) is 19.9. The van der Waals surface area contributed by atoms with Crippen molar-refractivity contribution in [1.29, 1.82) is 0 Å². The number of hydrogen-bond donors (Lipinski definition) is 0. The Bertz CT molecular complexity index is 2560. The molecule has 0 bridgehead atoms. The van der Waals surface area contributed by atoms with E-state index in [0.717, 1.165) is 74.1 Å². The average Bonchev–Trinajstić information content (AvgIpc) is 3.23. The van der Waals surface area contributed by atoms with Gasteiger partial charge in [-0.2, -0.15) is 0 Å². The normalized spacial score (nSPS) is 18.6. The third-order valence-corrected chi connectivity index (χ3v) is 13.5. The lowest BCUT2D eigenvalue weighted by molar-refractivity contribution is 0.253. The van der Waals surface area contributed by atoms with Gasteiger partial charge in [0.1, 0.15) is 0 Å². The second kappa shape index (κ2) is 10.6. The van der Waals surface area contributed by atoms with Crippen molar-refractivity contribution in [2.24, 2.45) is 0 Å². The minimum absolute atomic E-state index is 0.120. The van der Waals surface area contributed by atoms with E-state index in [-0.39, 0.29) is 19.5 Å². The van der Waals surface area contributed by atoms with Crippen LogP contribution in [0.25, 0.3) is 10.8 Å². The summed E-state index contributed by atoms with van der Waals surface area (Å²) in [5.41, 5.74) is 20.1. The van der Waals surface area contributed by atoms with Crippen molar-refractivity contribution < 1.29 is 4.79 Å². The monoisotopic (exact) mass is 694 g/mol. The van der Waals surface area contributed by atoms with Crippen molar-refractivity contribution in [2.75, 3.05) is 19.6 Å². The zero-order valence-electron chi connectivity index (χ0n) is 30.1. The lowest BCUT2D eigenvalue weighted by Gasteiger charge is -2.53. The van der Waals surface area contributed by atoms with E-state index in [9.17, 15) is 0 Å². The van der Waals surface area contributed by atoms with Crippen LogP contribution in [-0.4, -0.2) is 19.5 Å². The SMILES string of the molecule is O=C1N2C3=C(CCCC3)B3c4ccccc4N(c4ccccc4)c4cc5cc6c7c(c5c2c43)N1C1=C(CCCC1)B7c1ccccc1N6c1ccccc1. The summed E-state index contributed by atoms with van der Waals surface area (Å²) < 4.78 is 0. The Hall–Kier alpha value is -5.94. The molecule has 256 valence electrons. The molecule has 6 aromatic carbocycles. The van der Waals surface area contributed by atoms with Crippen LogP contribution in [0.1, 0.15) is 51.4 Å². The molecule has 13 rings (SSSR count). The molecule has 0 fully saturated rings.